The van der Waals surface area contributed by atoms with Crippen LogP contribution < -0.4 is 0 Å². The van der Waals surface area contributed by atoms with Gasteiger partial charge in [-0.15, -0.1) is 0 Å². The number of aliphatic hydroxyl groups is 1. The van der Waals surface area contributed by atoms with Crippen LogP contribution in [0.3, 0.4) is 0 Å². The summed E-state index contributed by atoms with van der Waals surface area (Å²) in [6, 6.07) is 6.06. The summed E-state index contributed by atoms with van der Waals surface area (Å²) < 4.78 is 4.71. The van der Waals surface area contributed by atoms with E-state index in [-0.39, 0.29) is 12.2 Å². The largest absolute Gasteiger partial charge is 0.508 e. The van der Waals surface area contributed by atoms with E-state index in [0.29, 0.717) is 12.2 Å². The van der Waals surface area contributed by atoms with Crippen LogP contribution in [0.15, 0.2) is 24.3 Å². The van der Waals surface area contributed by atoms with Crippen molar-refractivity contribution >= 4 is 5.97 Å². The van der Waals surface area contributed by atoms with Crippen molar-refractivity contribution in [2.24, 2.45) is 0 Å². The number of phenolic OH excluding ortho intramolecular Hbond substituents is 1. The molecule has 0 spiro atoms. The molecule has 0 amide bonds. The third kappa shape index (κ3) is 3.59. The zero-order valence-corrected chi connectivity index (χ0v) is 8.51. The number of hydrogen-bond donors (Lipinski definition) is 2. The molecule has 0 bridgehead atoms. The summed E-state index contributed by atoms with van der Waals surface area (Å²) in [5, 5.41) is 18.7. The van der Waals surface area contributed by atoms with Gasteiger partial charge in [0, 0.05) is 0 Å². The van der Waals surface area contributed by atoms with Crippen LogP contribution in [0.5, 0.6) is 5.75 Å². The number of ether oxygens (including phenoxy) is 1. The Morgan fingerprint density at radius 3 is 2.53 bits per heavy atom. The molecule has 82 valence electrons. The fourth-order valence-electron chi connectivity index (χ4n) is 1.19. The molecule has 0 fully saturated rings. The Bertz CT molecular complexity index is 318. The minimum absolute atomic E-state index is 0.0708. The fourth-order valence-corrected chi connectivity index (χ4v) is 1.19. The summed E-state index contributed by atoms with van der Waals surface area (Å²) in [5.74, 6) is -0.305. The van der Waals surface area contributed by atoms with E-state index < -0.39 is 12.1 Å². The van der Waals surface area contributed by atoms with Crippen molar-refractivity contribution in [3.05, 3.63) is 29.8 Å². The molecular weight excluding hydrogens is 196 g/mol. The van der Waals surface area contributed by atoms with Crippen LogP contribution in [0.1, 0.15) is 25.0 Å². The summed E-state index contributed by atoms with van der Waals surface area (Å²) in [6.07, 6.45) is -0.955. The highest BCUT2D eigenvalue weighted by Crippen LogP contribution is 2.19. The first-order valence-electron chi connectivity index (χ1n) is 4.76. The number of aliphatic hydroxyl groups excluding tert-OH is 1. The van der Waals surface area contributed by atoms with Crippen molar-refractivity contribution in [2.75, 3.05) is 6.61 Å². The number of hydrogen-bond acceptors (Lipinski definition) is 4. The Kier molecular flexibility index (Phi) is 4.12. The molecule has 0 saturated carbocycles. The Morgan fingerprint density at radius 1 is 1.40 bits per heavy atom. The molecule has 0 aromatic heterocycles. The van der Waals surface area contributed by atoms with E-state index in [1.165, 1.54) is 12.1 Å². The van der Waals surface area contributed by atoms with Gasteiger partial charge in [0.2, 0.25) is 0 Å². The number of rotatable bonds is 4. The Hall–Kier alpha value is -1.55. The maximum Gasteiger partial charge on any atom is 0.308 e. The molecule has 1 aromatic carbocycles. The highest BCUT2D eigenvalue weighted by molar-refractivity contribution is 5.70. The SMILES string of the molecule is CCOC(=O)CC(O)c1ccc(O)cc1. The van der Waals surface area contributed by atoms with Gasteiger partial charge in [0.25, 0.3) is 0 Å². The van der Waals surface area contributed by atoms with Crippen LogP contribution in [-0.2, 0) is 9.53 Å². The normalized spacial score (nSPS) is 12.1. The molecule has 0 radical (unpaired) electrons. The highest BCUT2D eigenvalue weighted by atomic mass is 16.5. The van der Waals surface area contributed by atoms with Crippen LogP contribution >= 0.6 is 0 Å². The lowest BCUT2D eigenvalue weighted by atomic mass is 10.1. The number of phenols is 1. The van der Waals surface area contributed by atoms with E-state index in [2.05, 4.69) is 0 Å². The molecule has 2 N–H and O–H groups in total. The summed E-state index contributed by atoms with van der Waals surface area (Å²) >= 11 is 0. The van der Waals surface area contributed by atoms with Gasteiger partial charge < -0.3 is 14.9 Å². The Morgan fingerprint density at radius 2 is 2.00 bits per heavy atom. The predicted molar refractivity (Wildman–Crippen MR) is 54.3 cm³/mol. The molecule has 4 nitrogen and oxygen atoms in total. The van der Waals surface area contributed by atoms with Crippen LogP contribution in [0.25, 0.3) is 0 Å². The lowest BCUT2D eigenvalue weighted by Gasteiger charge is -2.09. The van der Waals surface area contributed by atoms with Crippen molar-refractivity contribution in [3.8, 4) is 5.75 Å². The van der Waals surface area contributed by atoms with E-state index in [1.807, 2.05) is 0 Å². The monoisotopic (exact) mass is 210 g/mol. The molecule has 1 atom stereocenters. The van der Waals surface area contributed by atoms with E-state index in [0.717, 1.165) is 0 Å². The highest BCUT2D eigenvalue weighted by Gasteiger charge is 2.13. The van der Waals surface area contributed by atoms with Gasteiger partial charge in [-0.2, -0.15) is 0 Å². The second-order valence-corrected chi connectivity index (χ2v) is 3.12. The summed E-state index contributed by atoms with van der Waals surface area (Å²) in [4.78, 5) is 11.1. The molecule has 0 aliphatic rings. The number of carbonyl (C=O) groups is 1. The standard InChI is InChI=1S/C11H14O4/c1-2-15-11(14)7-10(13)8-3-5-9(12)6-4-8/h3-6,10,12-13H,2,7H2,1H3. The second kappa shape index (κ2) is 5.36. The van der Waals surface area contributed by atoms with E-state index in [4.69, 9.17) is 9.84 Å². The molecule has 4 heteroatoms. The molecule has 0 aliphatic heterocycles. The molecule has 15 heavy (non-hydrogen) atoms. The van der Waals surface area contributed by atoms with E-state index >= 15 is 0 Å². The van der Waals surface area contributed by atoms with Gasteiger partial charge in [-0.05, 0) is 24.6 Å². The minimum atomic E-state index is -0.885. The van der Waals surface area contributed by atoms with Crippen molar-refractivity contribution in [3.63, 3.8) is 0 Å². The lowest BCUT2D eigenvalue weighted by molar-refractivity contribution is -0.145. The first-order chi connectivity index (χ1) is 7.13. The average molecular weight is 210 g/mol. The Labute approximate surface area is 88.1 Å². The molecule has 1 unspecified atom stereocenters. The number of aromatic hydroxyl groups is 1. The first-order valence-corrected chi connectivity index (χ1v) is 4.76. The molecule has 0 aliphatic carbocycles. The number of esters is 1. The third-order valence-corrected chi connectivity index (χ3v) is 1.94. The third-order valence-electron chi connectivity index (χ3n) is 1.94. The van der Waals surface area contributed by atoms with Gasteiger partial charge in [-0.3, -0.25) is 4.79 Å². The molecule has 0 heterocycles. The Balaban J connectivity index is 2.57. The van der Waals surface area contributed by atoms with Crippen LogP contribution in [-0.4, -0.2) is 22.8 Å². The summed E-state index contributed by atoms with van der Waals surface area (Å²) in [6.45, 7) is 2.02. The molecule has 1 rings (SSSR count). The van der Waals surface area contributed by atoms with Gasteiger partial charge in [0.1, 0.15) is 5.75 Å². The smallest absolute Gasteiger partial charge is 0.308 e. The van der Waals surface area contributed by atoms with E-state index in [9.17, 15) is 9.90 Å². The van der Waals surface area contributed by atoms with Crippen LogP contribution in [0.2, 0.25) is 0 Å². The quantitative estimate of drug-likeness (QED) is 0.737. The zero-order valence-electron chi connectivity index (χ0n) is 8.51. The van der Waals surface area contributed by atoms with Crippen molar-refractivity contribution in [1.29, 1.82) is 0 Å². The van der Waals surface area contributed by atoms with Gasteiger partial charge in [0.05, 0.1) is 19.1 Å². The zero-order chi connectivity index (χ0) is 11.3. The van der Waals surface area contributed by atoms with E-state index in [1.54, 1.807) is 19.1 Å². The van der Waals surface area contributed by atoms with Crippen LogP contribution in [0, 0.1) is 0 Å². The molecular formula is C11H14O4. The topological polar surface area (TPSA) is 66.8 Å². The van der Waals surface area contributed by atoms with Gasteiger partial charge in [-0.25, -0.2) is 0 Å². The maximum atomic E-state index is 11.1. The second-order valence-electron chi connectivity index (χ2n) is 3.12. The summed E-state index contributed by atoms with van der Waals surface area (Å²) in [7, 11) is 0. The fraction of sp³-hybridized carbons (Fsp3) is 0.364. The van der Waals surface area contributed by atoms with Gasteiger partial charge in [-0.1, -0.05) is 12.1 Å². The molecule has 1 aromatic rings. The van der Waals surface area contributed by atoms with Crippen molar-refractivity contribution in [2.45, 2.75) is 19.4 Å². The van der Waals surface area contributed by atoms with Crippen LogP contribution in [0.4, 0.5) is 0 Å². The predicted octanol–water partition coefficient (Wildman–Crippen LogP) is 1.38. The lowest BCUT2D eigenvalue weighted by Crippen LogP contribution is -2.09. The van der Waals surface area contributed by atoms with Crippen molar-refractivity contribution in [1.82, 2.24) is 0 Å². The maximum absolute atomic E-state index is 11.1. The minimum Gasteiger partial charge on any atom is -0.508 e. The summed E-state index contributed by atoms with van der Waals surface area (Å²) in [5.41, 5.74) is 0.584. The van der Waals surface area contributed by atoms with Gasteiger partial charge in [0.15, 0.2) is 0 Å². The van der Waals surface area contributed by atoms with Crippen molar-refractivity contribution < 1.29 is 19.7 Å². The average Bonchev–Trinajstić information content (AvgIpc) is 2.18. The number of carbonyl (C=O) groups excluding carboxylic acids is 1. The molecule has 0 saturated heterocycles. The van der Waals surface area contributed by atoms with Gasteiger partial charge >= 0.3 is 5.97 Å². The number of benzene rings is 1. The first kappa shape index (κ1) is 11.5.